The maximum absolute atomic E-state index is 13.2. The Morgan fingerprint density at radius 3 is 2.47 bits per heavy atom. The molecule has 0 unspecified atom stereocenters. The molecular weight excluding hydrogens is 444 g/mol. The van der Waals surface area contributed by atoms with Crippen LogP contribution in [0.15, 0.2) is 29.2 Å². The molecule has 9 heteroatoms. The SMILES string of the molecule is Cc1ccc(C)c(NS(=O)(=O)c2cc(-c3nc(C)c(C(=O)N4CCCC4)s3)n(C)c2C)c1. The van der Waals surface area contributed by atoms with Crippen LogP contribution in [0.5, 0.6) is 0 Å². The number of benzene rings is 1. The fraction of sp³-hybridized carbons (Fsp3) is 0.391. The van der Waals surface area contributed by atoms with Gasteiger partial charge in [0.15, 0.2) is 0 Å². The van der Waals surface area contributed by atoms with Gasteiger partial charge in [0.05, 0.1) is 17.1 Å². The number of nitrogens with zero attached hydrogens (tertiary/aromatic N) is 3. The first-order valence-corrected chi connectivity index (χ1v) is 12.9. The van der Waals surface area contributed by atoms with Crippen molar-refractivity contribution in [3.63, 3.8) is 0 Å². The van der Waals surface area contributed by atoms with Gasteiger partial charge in [-0.1, -0.05) is 12.1 Å². The highest BCUT2D eigenvalue weighted by Gasteiger charge is 2.27. The van der Waals surface area contributed by atoms with Crippen LogP contribution in [0.1, 0.15) is 45.0 Å². The van der Waals surface area contributed by atoms with Crippen molar-refractivity contribution in [2.45, 2.75) is 45.4 Å². The maximum atomic E-state index is 13.2. The lowest BCUT2D eigenvalue weighted by molar-refractivity contribution is 0.0796. The topological polar surface area (TPSA) is 84.3 Å². The number of aryl methyl sites for hydroxylation is 3. The van der Waals surface area contributed by atoms with E-state index in [2.05, 4.69) is 9.71 Å². The molecule has 32 heavy (non-hydrogen) atoms. The fourth-order valence-corrected chi connectivity index (χ4v) is 6.46. The third-order valence-electron chi connectivity index (χ3n) is 6.02. The van der Waals surface area contributed by atoms with E-state index in [1.54, 1.807) is 13.0 Å². The van der Waals surface area contributed by atoms with E-state index in [4.69, 9.17) is 0 Å². The molecule has 3 aromatic rings. The summed E-state index contributed by atoms with van der Waals surface area (Å²) < 4.78 is 31.0. The molecule has 3 heterocycles. The Morgan fingerprint density at radius 1 is 1.09 bits per heavy atom. The van der Waals surface area contributed by atoms with E-state index < -0.39 is 10.0 Å². The van der Waals surface area contributed by atoms with E-state index >= 15 is 0 Å². The predicted octanol–water partition coefficient (Wildman–Crippen LogP) is 4.42. The number of amides is 1. The second kappa shape index (κ2) is 8.37. The zero-order valence-corrected chi connectivity index (χ0v) is 20.7. The van der Waals surface area contributed by atoms with Gasteiger partial charge in [-0.2, -0.15) is 0 Å². The van der Waals surface area contributed by atoms with Crippen molar-refractivity contribution in [1.29, 1.82) is 0 Å². The van der Waals surface area contributed by atoms with Gasteiger partial charge in [-0.3, -0.25) is 9.52 Å². The highest BCUT2D eigenvalue weighted by atomic mass is 32.2. The molecule has 170 valence electrons. The van der Waals surface area contributed by atoms with E-state index in [-0.39, 0.29) is 10.8 Å². The van der Waals surface area contributed by atoms with Gasteiger partial charge in [0, 0.05) is 25.8 Å². The van der Waals surface area contributed by atoms with Gasteiger partial charge in [0.1, 0.15) is 14.8 Å². The normalized spacial score (nSPS) is 14.2. The Labute approximate surface area is 193 Å². The van der Waals surface area contributed by atoms with Crippen LogP contribution in [-0.4, -0.2) is 41.9 Å². The van der Waals surface area contributed by atoms with Gasteiger partial charge < -0.3 is 9.47 Å². The fourth-order valence-electron chi connectivity index (χ4n) is 3.96. The summed E-state index contributed by atoms with van der Waals surface area (Å²) in [6, 6.07) is 7.32. The molecule has 1 saturated heterocycles. The minimum absolute atomic E-state index is 0.0131. The molecule has 0 saturated carbocycles. The molecule has 0 aliphatic carbocycles. The number of thiazole rings is 1. The van der Waals surface area contributed by atoms with Crippen molar-refractivity contribution in [2.24, 2.45) is 7.05 Å². The first-order chi connectivity index (χ1) is 15.1. The second-order valence-corrected chi connectivity index (χ2v) is 11.0. The first-order valence-electron chi connectivity index (χ1n) is 10.6. The zero-order valence-electron chi connectivity index (χ0n) is 19.0. The number of hydrogen-bond acceptors (Lipinski definition) is 5. The molecule has 7 nitrogen and oxygen atoms in total. The van der Waals surface area contributed by atoms with Crippen LogP contribution in [-0.2, 0) is 17.1 Å². The monoisotopic (exact) mass is 472 g/mol. The van der Waals surface area contributed by atoms with Crippen molar-refractivity contribution in [3.05, 3.63) is 51.7 Å². The number of carbonyl (C=O) groups excluding carboxylic acids is 1. The third kappa shape index (κ3) is 4.06. The number of aromatic nitrogens is 2. The van der Waals surface area contributed by atoms with Crippen LogP contribution in [0.3, 0.4) is 0 Å². The molecule has 0 radical (unpaired) electrons. The summed E-state index contributed by atoms with van der Waals surface area (Å²) >= 11 is 1.32. The molecule has 1 amide bonds. The van der Waals surface area contributed by atoms with Crippen molar-refractivity contribution in [3.8, 4) is 10.7 Å². The molecule has 2 aromatic heterocycles. The van der Waals surface area contributed by atoms with E-state index in [0.717, 1.165) is 37.1 Å². The number of sulfonamides is 1. The van der Waals surface area contributed by atoms with E-state index in [0.29, 0.717) is 32.7 Å². The van der Waals surface area contributed by atoms with Gasteiger partial charge in [0.2, 0.25) is 0 Å². The van der Waals surface area contributed by atoms with Gasteiger partial charge in [-0.05, 0) is 63.8 Å². The molecular formula is C23H28N4O3S2. The predicted molar refractivity (Wildman–Crippen MR) is 128 cm³/mol. The number of nitrogens with one attached hydrogen (secondary N) is 1. The molecule has 1 aromatic carbocycles. The minimum Gasteiger partial charge on any atom is -0.345 e. The first kappa shape index (κ1) is 22.5. The summed E-state index contributed by atoms with van der Waals surface area (Å²) in [7, 11) is -1.98. The van der Waals surface area contributed by atoms with Crippen molar-refractivity contribution < 1.29 is 13.2 Å². The van der Waals surface area contributed by atoms with Crippen molar-refractivity contribution in [1.82, 2.24) is 14.5 Å². The standard InChI is InChI=1S/C23H28N4O3S2/c1-14-8-9-15(2)18(12-14)25-32(29,30)20-13-19(26(5)17(20)4)22-24-16(3)21(31-22)23(28)27-10-6-7-11-27/h8-9,12-13,25H,6-7,10-11H2,1-5H3. The Bertz CT molecular complexity index is 1300. The Kier molecular flexibility index (Phi) is 5.89. The van der Waals surface area contributed by atoms with Crippen LogP contribution < -0.4 is 4.72 Å². The Morgan fingerprint density at radius 2 is 1.78 bits per heavy atom. The maximum Gasteiger partial charge on any atom is 0.265 e. The molecule has 1 aliphatic heterocycles. The quantitative estimate of drug-likeness (QED) is 0.596. The summed E-state index contributed by atoms with van der Waals surface area (Å²) in [6.45, 7) is 8.96. The number of rotatable bonds is 5. The Balaban J connectivity index is 1.69. The van der Waals surface area contributed by atoms with E-state index in [9.17, 15) is 13.2 Å². The number of likely N-dealkylation sites (tertiary alicyclic amines) is 1. The summed E-state index contributed by atoms with van der Waals surface area (Å²) in [5, 5.41) is 0.642. The van der Waals surface area contributed by atoms with Gasteiger partial charge in [-0.15, -0.1) is 11.3 Å². The lowest BCUT2D eigenvalue weighted by Crippen LogP contribution is -2.27. The van der Waals surface area contributed by atoms with Gasteiger partial charge >= 0.3 is 0 Å². The van der Waals surface area contributed by atoms with Crippen molar-refractivity contribution >= 4 is 33.0 Å². The lowest BCUT2D eigenvalue weighted by Gasteiger charge is -2.13. The van der Waals surface area contributed by atoms with Gasteiger partial charge in [0.25, 0.3) is 15.9 Å². The average Bonchev–Trinajstić information content (AvgIpc) is 3.45. The smallest absolute Gasteiger partial charge is 0.265 e. The number of hydrogen-bond donors (Lipinski definition) is 1. The summed E-state index contributed by atoms with van der Waals surface area (Å²) in [5.74, 6) is 0.0131. The number of carbonyl (C=O) groups is 1. The highest BCUT2D eigenvalue weighted by Crippen LogP contribution is 2.34. The molecule has 1 fully saturated rings. The molecule has 0 atom stereocenters. The Hall–Kier alpha value is -2.65. The van der Waals surface area contributed by atoms with Gasteiger partial charge in [-0.25, -0.2) is 13.4 Å². The average molecular weight is 473 g/mol. The zero-order chi connectivity index (χ0) is 23.2. The van der Waals surface area contributed by atoms with Crippen LogP contribution in [0.2, 0.25) is 0 Å². The van der Waals surface area contributed by atoms with E-state index in [1.807, 2.05) is 55.5 Å². The van der Waals surface area contributed by atoms with Crippen LogP contribution in [0.4, 0.5) is 5.69 Å². The van der Waals surface area contributed by atoms with Crippen molar-refractivity contribution in [2.75, 3.05) is 17.8 Å². The van der Waals surface area contributed by atoms with Crippen LogP contribution in [0.25, 0.3) is 10.7 Å². The summed E-state index contributed by atoms with van der Waals surface area (Å²) in [4.78, 5) is 20.2. The largest absolute Gasteiger partial charge is 0.345 e. The summed E-state index contributed by atoms with van der Waals surface area (Å²) in [5.41, 5.74) is 4.37. The highest BCUT2D eigenvalue weighted by molar-refractivity contribution is 7.92. The third-order valence-corrected chi connectivity index (χ3v) is 8.67. The molecule has 1 aliphatic rings. The minimum atomic E-state index is -3.79. The van der Waals surface area contributed by atoms with Crippen LogP contribution in [0, 0.1) is 27.7 Å². The van der Waals surface area contributed by atoms with Crippen LogP contribution >= 0.6 is 11.3 Å². The lowest BCUT2D eigenvalue weighted by atomic mass is 10.1. The molecule has 1 N–H and O–H groups in total. The molecule has 0 bridgehead atoms. The number of anilines is 1. The second-order valence-electron chi connectivity index (χ2n) is 8.39. The molecule has 4 rings (SSSR count). The summed E-state index contributed by atoms with van der Waals surface area (Å²) in [6.07, 6.45) is 2.06. The molecule has 0 spiro atoms. The van der Waals surface area contributed by atoms with E-state index in [1.165, 1.54) is 11.3 Å².